The number of amides is 1. The van der Waals surface area contributed by atoms with Gasteiger partial charge in [0.2, 0.25) is 10.0 Å². The molecule has 2 rings (SSSR count). The number of methoxy groups -OCH3 is 2. The number of carbonyl (C=O) groups excluding carboxylic acids is 1. The van der Waals surface area contributed by atoms with Gasteiger partial charge in [0, 0.05) is 18.8 Å². The lowest BCUT2D eigenvalue weighted by atomic mass is 10.0. The van der Waals surface area contributed by atoms with Crippen LogP contribution in [0.5, 0.6) is 11.5 Å². The smallest absolute Gasteiger partial charge is 0.257 e. The van der Waals surface area contributed by atoms with E-state index in [0.717, 1.165) is 9.87 Å². The van der Waals surface area contributed by atoms with E-state index in [1.807, 2.05) is 24.3 Å². The first-order chi connectivity index (χ1) is 13.6. The average Bonchev–Trinajstić information content (AvgIpc) is 2.72. The SMILES string of the molecule is CCS(=O)(=O)N(C)c1cc(OC)c(OC)cc1C(=O)Nc1ccc(C(C)C)cc1. The summed E-state index contributed by atoms with van der Waals surface area (Å²) in [6, 6.07) is 10.5. The van der Waals surface area contributed by atoms with E-state index in [2.05, 4.69) is 19.2 Å². The van der Waals surface area contributed by atoms with Crippen LogP contribution >= 0.6 is 0 Å². The predicted molar refractivity (Wildman–Crippen MR) is 116 cm³/mol. The number of carbonyl (C=O) groups is 1. The van der Waals surface area contributed by atoms with Gasteiger partial charge in [-0.15, -0.1) is 0 Å². The summed E-state index contributed by atoms with van der Waals surface area (Å²) < 4.78 is 36.5. The Morgan fingerprint density at radius 3 is 2.10 bits per heavy atom. The molecule has 0 unspecified atom stereocenters. The first-order valence-electron chi connectivity index (χ1n) is 9.28. The zero-order valence-corrected chi connectivity index (χ0v) is 18.5. The molecule has 8 heteroatoms. The Morgan fingerprint density at radius 1 is 1.07 bits per heavy atom. The average molecular weight is 421 g/mol. The lowest BCUT2D eigenvalue weighted by Gasteiger charge is -2.23. The van der Waals surface area contributed by atoms with Gasteiger partial charge >= 0.3 is 0 Å². The monoisotopic (exact) mass is 420 g/mol. The molecule has 0 bridgehead atoms. The molecule has 1 amide bonds. The first-order valence-corrected chi connectivity index (χ1v) is 10.9. The molecule has 1 N–H and O–H groups in total. The first kappa shape index (κ1) is 22.5. The molecule has 0 aliphatic heterocycles. The molecule has 0 radical (unpaired) electrons. The standard InChI is InChI=1S/C21H28N2O5S/c1-7-29(25,26)23(4)18-13-20(28-6)19(27-5)12-17(18)21(24)22-16-10-8-15(9-11-16)14(2)3/h8-14H,7H2,1-6H3,(H,22,24). The summed E-state index contributed by atoms with van der Waals surface area (Å²) in [5.74, 6) is 0.495. The Bertz CT molecular complexity index is 969. The fourth-order valence-corrected chi connectivity index (χ4v) is 3.64. The van der Waals surface area contributed by atoms with Crippen molar-refractivity contribution in [3.8, 4) is 11.5 Å². The Hall–Kier alpha value is -2.74. The van der Waals surface area contributed by atoms with Crippen LogP contribution in [0.4, 0.5) is 11.4 Å². The van der Waals surface area contributed by atoms with Gasteiger partial charge in [0.1, 0.15) is 0 Å². The third-order valence-electron chi connectivity index (χ3n) is 4.70. The molecule has 0 atom stereocenters. The molecule has 0 aliphatic carbocycles. The number of nitrogens with zero attached hydrogens (tertiary/aromatic N) is 1. The fourth-order valence-electron chi connectivity index (χ4n) is 2.80. The van der Waals surface area contributed by atoms with E-state index >= 15 is 0 Å². The van der Waals surface area contributed by atoms with Crippen LogP contribution in [0.1, 0.15) is 42.6 Å². The van der Waals surface area contributed by atoms with E-state index in [9.17, 15) is 13.2 Å². The number of sulfonamides is 1. The summed E-state index contributed by atoms with van der Waals surface area (Å²) in [4.78, 5) is 13.0. The van der Waals surface area contributed by atoms with Crippen molar-refractivity contribution in [2.45, 2.75) is 26.7 Å². The molecular weight excluding hydrogens is 392 g/mol. The van der Waals surface area contributed by atoms with Crippen LogP contribution in [0.15, 0.2) is 36.4 Å². The van der Waals surface area contributed by atoms with Gasteiger partial charge in [0.05, 0.1) is 31.2 Å². The Labute approximate surface area is 172 Å². The summed E-state index contributed by atoms with van der Waals surface area (Å²) in [5.41, 5.74) is 2.14. The quantitative estimate of drug-likeness (QED) is 0.701. The molecule has 29 heavy (non-hydrogen) atoms. The van der Waals surface area contributed by atoms with Gasteiger partial charge < -0.3 is 14.8 Å². The molecule has 2 aromatic carbocycles. The zero-order valence-electron chi connectivity index (χ0n) is 17.6. The number of rotatable bonds is 8. The molecule has 0 saturated heterocycles. The third kappa shape index (κ3) is 5.00. The Kier molecular flexibility index (Phi) is 7.13. The van der Waals surface area contributed by atoms with Crippen LogP contribution in [-0.2, 0) is 10.0 Å². The van der Waals surface area contributed by atoms with E-state index < -0.39 is 15.9 Å². The van der Waals surface area contributed by atoms with Gasteiger partial charge in [0.15, 0.2) is 11.5 Å². The van der Waals surface area contributed by atoms with Gasteiger partial charge in [-0.3, -0.25) is 9.10 Å². The van der Waals surface area contributed by atoms with Crippen LogP contribution in [0.2, 0.25) is 0 Å². The number of hydrogen-bond acceptors (Lipinski definition) is 5. The predicted octanol–water partition coefficient (Wildman–Crippen LogP) is 3.87. The van der Waals surface area contributed by atoms with Gasteiger partial charge in [-0.05, 0) is 36.6 Å². The number of benzene rings is 2. The van der Waals surface area contributed by atoms with Crippen molar-refractivity contribution >= 4 is 27.3 Å². The van der Waals surface area contributed by atoms with Crippen LogP contribution in [-0.4, -0.2) is 41.3 Å². The van der Waals surface area contributed by atoms with Crippen LogP contribution < -0.4 is 19.1 Å². The minimum absolute atomic E-state index is 0.102. The summed E-state index contributed by atoms with van der Waals surface area (Å²) in [5, 5.41) is 2.82. The van der Waals surface area contributed by atoms with Crippen molar-refractivity contribution in [1.29, 1.82) is 0 Å². The number of hydrogen-bond donors (Lipinski definition) is 1. The Balaban J connectivity index is 2.49. The topological polar surface area (TPSA) is 84.9 Å². The molecule has 158 valence electrons. The van der Waals surface area contributed by atoms with Gasteiger partial charge in [-0.25, -0.2) is 8.42 Å². The van der Waals surface area contributed by atoms with Crippen molar-refractivity contribution in [3.63, 3.8) is 0 Å². The molecule has 0 aromatic heterocycles. The highest BCUT2D eigenvalue weighted by molar-refractivity contribution is 7.92. The number of ether oxygens (including phenoxy) is 2. The second-order valence-electron chi connectivity index (χ2n) is 6.82. The second-order valence-corrected chi connectivity index (χ2v) is 9.11. The number of anilines is 2. The van der Waals surface area contributed by atoms with Gasteiger partial charge in [0.25, 0.3) is 5.91 Å². The molecule has 2 aromatic rings. The zero-order chi connectivity index (χ0) is 21.8. The fraction of sp³-hybridized carbons (Fsp3) is 0.381. The molecule has 0 heterocycles. The van der Waals surface area contributed by atoms with Gasteiger partial charge in [-0.2, -0.15) is 0 Å². The molecule has 0 aliphatic rings. The maximum absolute atomic E-state index is 13.0. The van der Waals surface area contributed by atoms with E-state index in [4.69, 9.17) is 9.47 Å². The summed E-state index contributed by atoms with van der Waals surface area (Å²) in [6.07, 6.45) is 0. The van der Waals surface area contributed by atoms with Crippen molar-refractivity contribution in [2.75, 3.05) is 36.6 Å². The van der Waals surface area contributed by atoms with Crippen LogP contribution in [0.3, 0.4) is 0 Å². The molecule has 0 fully saturated rings. The third-order valence-corrected chi connectivity index (χ3v) is 6.46. The maximum Gasteiger partial charge on any atom is 0.257 e. The normalized spacial score (nSPS) is 11.3. The summed E-state index contributed by atoms with van der Waals surface area (Å²) in [6.45, 7) is 5.73. The lowest BCUT2D eigenvalue weighted by Crippen LogP contribution is -2.30. The molecular formula is C21H28N2O5S. The van der Waals surface area contributed by atoms with Crippen molar-refractivity contribution < 1.29 is 22.7 Å². The minimum atomic E-state index is -3.58. The highest BCUT2D eigenvalue weighted by atomic mass is 32.2. The lowest BCUT2D eigenvalue weighted by molar-refractivity contribution is 0.102. The van der Waals surface area contributed by atoms with Gasteiger partial charge in [-0.1, -0.05) is 26.0 Å². The van der Waals surface area contributed by atoms with Crippen molar-refractivity contribution in [1.82, 2.24) is 0 Å². The van der Waals surface area contributed by atoms with E-state index in [0.29, 0.717) is 23.1 Å². The van der Waals surface area contributed by atoms with Crippen LogP contribution in [0, 0.1) is 0 Å². The van der Waals surface area contributed by atoms with E-state index in [1.54, 1.807) is 6.92 Å². The maximum atomic E-state index is 13.0. The van der Waals surface area contributed by atoms with E-state index in [1.165, 1.54) is 33.4 Å². The highest BCUT2D eigenvalue weighted by Gasteiger charge is 2.25. The second kappa shape index (κ2) is 9.17. The number of nitrogens with one attached hydrogen (secondary N) is 1. The van der Waals surface area contributed by atoms with Crippen molar-refractivity contribution in [3.05, 3.63) is 47.5 Å². The highest BCUT2D eigenvalue weighted by Crippen LogP contribution is 2.36. The van der Waals surface area contributed by atoms with Crippen LogP contribution in [0.25, 0.3) is 0 Å². The minimum Gasteiger partial charge on any atom is -0.493 e. The van der Waals surface area contributed by atoms with Crippen molar-refractivity contribution in [2.24, 2.45) is 0 Å². The van der Waals surface area contributed by atoms with E-state index in [-0.39, 0.29) is 17.0 Å². The molecule has 0 spiro atoms. The molecule has 7 nitrogen and oxygen atoms in total. The summed E-state index contributed by atoms with van der Waals surface area (Å²) >= 11 is 0. The summed E-state index contributed by atoms with van der Waals surface area (Å²) in [7, 11) is 0.733. The molecule has 0 saturated carbocycles. The Morgan fingerprint density at radius 2 is 1.62 bits per heavy atom. The largest absolute Gasteiger partial charge is 0.493 e.